The minimum atomic E-state index is -1.49. The van der Waals surface area contributed by atoms with Crippen molar-refractivity contribution in [3.8, 4) is 11.6 Å². The third kappa shape index (κ3) is 7.20. The number of hydrogen-bond acceptors (Lipinski definition) is 11. The first-order valence-electron chi connectivity index (χ1n) is 13.7. The van der Waals surface area contributed by atoms with Gasteiger partial charge in [0.1, 0.15) is 29.7 Å². The van der Waals surface area contributed by atoms with Crippen LogP contribution in [-0.4, -0.2) is 55.9 Å². The van der Waals surface area contributed by atoms with Crippen molar-refractivity contribution in [2.75, 3.05) is 6.61 Å². The molecule has 3 atom stereocenters. The average Bonchev–Trinajstić information content (AvgIpc) is 3.45. The van der Waals surface area contributed by atoms with Gasteiger partial charge in [-0.05, 0) is 29.8 Å². The van der Waals surface area contributed by atoms with Gasteiger partial charge < -0.3 is 24.1 Å². The lowest BCUT2D eigenvalue weighted by Gasteiger charge is -2.18. The van der Waals surface area contributed by atoms with Gasteiger partial charge in [-0.3, -0.25) is 19.0 Å². The highest BCUT2D eigenvalue weighted by Crippen LogP contribution is 2.31. The van der Waals surface area contributed by atoms with Gasteiger partial charge in [0.15, 0.2) is 0 Å². The van der Waals surface area contributed by atoms with Crippen molar-refractivity contribution in [1.29, 1.82) is 0 Å². The van der Waals surface area contributed by atoms with Crippen molar-refractivity contribution in [2.45, 2.75) is 38.4 Å². The molecular weight excluding hydrogens is 629 g/mol. The Kier molecular flexibility index (Phi) is 9.70. The molecule has 0 aliphatic carbocycles. The summed E-state index contributed by atoms with van der Waals surface area (Å²) < 4.78 is 37.8. The molecule has 1 fully saturated rings. The summed E-state index contributed by atoms with van der Waals surface area (Å²) in [6.07, 6.45) is -0.997. The van der Waals surface area contributed by atoms with Crippen LogP contribution < -0.4 is 16.0 Å². The zero-order valence-corrected chi connectivity index (χ0v) is 24.8. The number of halogens is 2. The fourth-order valence-corrected chi connectivity index (χ4v) is 4.70. The van der Waals surface area contributed by atoms with E-state index >= 15 is 0 Å². The highest BCUT2D eigenvalue weighted by molar-refractivity contribution is 6.31. The second-order valence-corrected chi connectivity index (χ2v) is 10.5. The zero-order chi connectivity index (χ0) is 33.0. The molecule has 0 spiro atoms. The van der Waals surface area contributed by atoms with Crippen LogP contribution in [0.2, 0.25) is 5.02 Å². The number of pyridine rings is 1. The summed E-state index contributed by atoms with van der Waals surface area (Å²) in [6.45, 7) is 1.17. The third-order valence-electron chi connectivity index (χ3n) is 6.90. The van der Waals surface area contributed by atoms with Crippen LogP contribution in [0.5, 0.6) is 11.6 Å². The summed E-state index contributed by atoms with van der Waals surface area (Å²) in [4.78, 5) is 67.2. The second-order valence-electron chi connectivity index (χ2n) is 10.1. The molecular formula is C31H25ClFN3O10. The molecule has 238 valence electrons. The van der Waals surface area contributed by atoms with Crippen molar-refractivity contribution in [3.63, 3.8) is 0 Å². The van der Waals surface area contributed by atoms with Crippen molar-refractivity contribution in [2.24, 2.45) is 0 Å². The molecule has 13 nitrogen and oxygen atoms in total. The predicted octanol–water partition coefficient (Wildman–Crippen LogP) is 3.25. The van der Waals surface area contributed by atoms with E-state index in [1.54, 1.807) is 0 Å². The minimum Gasteiger partial charge on any atom is -0.506 e. The maximum atomic E-state index is 14.9. The topological polar surface area (TPSA) is 165 Å². The van der Waals surface area contributed by atoms with Crippen LogP contribution in [0.4, 0.5) is 4.39 Å². The van der Waals surface area contributed by atoms with E-state index in [-0.39, 0.29) is 52.0 Å². The fourth-order valence-electron chi connectivity index (χ4n) is 4.60. The molecule has 4 aromatic rings. The van der Waals surface area contributed by atoms with E-state index in [1.807, 2.05) is 30.3 Å². The van der Waals surface area contributed by atoms with Crippen molar-refractivity contribution in [1.82, 2.24) is 14.1 Å². The summed E-state index contributed by atoms with van der Waals surface area (Å²) in [5, 5.41) is 9.62. The number of benzene rings is 2. The quantitative estimate of drug-likeness (QED) is 0.264. The van der Waals surface area contributed by atoms with Crippen molar-refractivity contribution < 1.29 is 42.8 Å². The van der Waals surface area contributed by atoms with Crippen molar-refractivity contribution in [3.05, 3.63) is 121 Å². The normalized spacial score (nSPS) is 17.4. The molecule has 1 saturated heterocycles. The molecule has 0 radical (unpaired) electrons. The maximum Gasteiger partial charge on any atom is 0.344 e. The molecule has 0 amide bonds. The Morgan fingerprint density at radius 1 is 1.09 bits per heavy atom. The number of carbonyl (C=O) groups excluding carboxylic acids is 3. The molecule has 5 rings (SSSR count). The lowest BCUT2D eigenvalue weighted by Crippen LogP contribution is -2.46. The standard InChI is InChI=1S/C31H25ClFN3O10/c1-17(37)43-16-25-24(44-15-18-5-3-2-4-6-18)12-27(45-25)35-14-22(33)29(40)36(31(35)42)28(39)19-7-9-20(10-8-19)30(41)46-26-11-23(38)21(32)13-34-26/h2-11,13-14,24-25,27H,12,15-16H2,1H3,(H,34,38)/t24-,25+,27+/m0/s1. The van der Waals surface area contributed by atoms with E-state index in [2.05, 4.69) is 4.98 Å². The molecule has 1 aliphatic heterocycles. The van der Waals surface area contributed by atoms with Gasteiger partial charge in [0, 0.05) is 25.0 Å². The van der Waals surface area contributed by atoms with E-state index < -0.39 is 53.3 Å². The number of aromatic hydroxyl groups is 1. The molecule has 1 aliphatic rings. The van der Waals surface area contributed by atoms with E-state index in [0.717, 1.165) is 34.5 Å². The summed E-state index contributed by atoms with van der Waals surface area (Å²) in [5.41, 5.74) is -2.10. The fraction of sp³-hybridized carbons (Fsp3) is 0.226. The highest BCUT2D eigenvalue weighted by atomic mass is 35.5. The first-order chi connectivity index (χ1) is 22.0. The Balaban J connectivity index is 1.37. The first kappa shape index (κ1) is 32.2. The summed E-state index contributed by atoms with van der Waals surface area (Å²) in [5.74, 6) is -4.64. The molecule has 2 aromatic heterocycles. The van der Waals surface area contributed by atoms with Gasteiger partial charge in [0.2, 0.25) is 11.7 Å². The van der Waals surface area contributed by atoms with Crippen LogP contribution in [0.25, 0.3) is 0 Å². The van der Waals surface area contributed by atoms with Crippen LogP contribution in [0, 0.1) is 5.82 Å². The van der Waals surface area contributed by atoms with Crippen molar-refractivity contribution >= 4 is 29.4 Å². The Morgan fingerprint density at radius 2 is 1.78 bits per heavy atom. The van der Waals surface area contributed by atoms with E-state index in [4.69, 9.17) is 30.5 Å². The smallest absolute Gasteiger partial charge is 0.344 e. The first-order valence-corrected chi connectivity index (χ1v) is 14.1. The molecule has 2 aromatic carbocycles. The van der Waals surface area contributed by atoms with Crippen LogP contribution >= 0.6 is 11.6 Å². The van der Waals surface area contributed by atoms with Crippen LogP contribution in [0.15, 0.2) is 82.6 Å². The Bertz CT molecular complexity index is 1900. The number of nitrogens with zero attached hydrogens (tertiary/aromatic N) is 3. The number of aromatic nitrogens is 3. The number of ether oxygens (including phenoxy) is 4. The van der Waals surface area contributed by atoms with E-state index in [0.29, 0.717) is 6.20 Å². The van der Waals surface area contributed by atoms with Gasteiger partial charge in [-0.15, -0.1) is 0 Å². The molecule has 46 heavy (non-hydrogen) atoms. The SMILES string of the molecule is CC(=O)OC[C@H]1O[C@@H](n2cc(F)c(=O)n(C(=O)c3ccc(C(=O)Oc4cc(O)c(Cl)cn4)cc3)c2=O)C[C@@H]1OCc1ccccc1. The van der Waals surface area contributed by atoms with E-state index in [9.17, 15) is 33.5 Å². The monoisotopic (exact) mass is 653 g/mol. The van der Waals surface area contributed by atoms with Crippen LogP contribution in [-0.2, 0) is 25.6 Å². The molecule has 0 saturated carbocycles. The van der Waals surface area contributed by atoms with Gasteiger partial charge in [-0.1, -0.05) is 41.9 Å². The molecule has 15 heteroatoms. The molecule has 0 unspecified atom stereocenters. The molecule has 0 bridgehead atoms. The van der Waals surface area contributed by atoms with Gasteiger partial charge in [-0.2, -0.15) is 8.96 Å². The lowest BCUT2D eigenvalue weighted by atomic mass is 10.1. The number of rotatable bonds is 9. The zero-order valence-electron chi connectivity index (χ0n) is 24.0. The van der Waals surface area contributed by atoms with E-state index in [1.165, 1.54) is 19.1 Å². The Labute approximate surface area is 264 Å². The summed E-state index contributed by atoms with van der Waals surface area (Å²) in [7, 11) is 0. The second kappa shape index (κ2) is 13.9. The number of carbonyl (C=O) groups is 3. The van der Waals surface area contributed by atoms with Gasteiger partial charge >= 0.3 is 17.6 Å². The Hall–Kier alpha value is -5.18. The number of hydrogen-bond donors (Lipinski definition) is 1. The number of esters is 2. The Morgan fingerprint density at radius 3 is 2.46 bits per heavy atom. The third-order valence-corrected chi connectivity index (χ3v) is 7.19. The van der Waals surface area contributed by atoms with Crippen LogP contribution in [0.3, 0.4) is 0 Å². The largest absolute Gasteiger partial charge is 0.506 e. The highest BCUT2D eigenvalue weighted by Gasteiger charge is 2.39. The molecule has 1 N–H and O–H groups in total. The maximum absolute atomic E-state index is 14.9. The van der Waals surface area contributed by atoms with Gasteiger partial charge in [-0.25, -0.2) is 14.6 Å². The van der Waals surface area contributed by atoms with Gasteiger partial charge in [0.25, 0.3) is 11.5 Å². The predicted molar refractivity (Wildman–Crippen MR) is 157 cm³/mol. The molecule has 3 heterocycles. The minimum absolute atomic E-state index is 0.00155. The van der Waals surface area contributed by atoms with Crippen LogP contribution in [0.1, 0.15) is 45.9 Å². The average molecular weight is 654 g/mol. The lowest BCUT2D eigenvalue weighted by molar-refractivity contribution is -0.148. The summed E-state index contributed by atoms with van der Waals surface area (Å²) in [6, 6.07) is 14.9. The van der Waals surface area contributed by atoms with Gasteiger partial charge in [0.05, 0.1) is 30.7 Å². The summed E-state index contributed by atoms with van der Waals surface area (Å²) >= 11 is 5.69.